The number of hydrogen-bond acceptors (Lipinski definition) is 2. The van der Waals surface area contributed by atoms with Crippen molar-refractivity contribution in [1.29, 1.82) is 0 Å². The van der Waals surface area contributed by atoms with Crippen LogP contribution in [0.15, 0.2) is 0 Å². The molecule has 0 atom stereocenters. The molecule has 6 heavy (non-hydrogen) atoms. The smallest absolute Gasteiger partial charge is 0.309 e. The van der Waals surface area contributed by atoms with E-state index in [2.05, 4.69) is 11.5 Å². The van der Waals surface area contributed by atoms with Gasteiger partial charge < -0.3 is 23.1 Å². The first-order valence-electron chi connectivity index (χ1n) is 0.781. The lowest BCUT2D eigenvalue weighted by Crippen LogP contribution is -2.18. The van der Waals surface area contributed by atoms with E-state index in [0.717, 1.165) is 0 Å². The van der Waals surface area contributed by atoms with Crippen molar-refractivity contribution >= 4 is 6.03 Å². The molecule has 0 bridgehead atoms. The molecule has 0 unspecified atom stereocenters. The predicted octanol–water partition coefficient (Wildman–Crippen LogP) is -1.64. The lowest BCUT2D eigenvalue weighted by atomic mass is 11.2. The predicted molar refractivity (Wildman–Crippen MR) is 22.4 cm³/mol. The van der Waals surface area contributed by atoms with Crippen molar-refractivity contribution in [1.82, 2.24) is 6.15 Å². The van der Waals surface area contributed by atoms with Gasteiger partial charge in [-0.15, -0.1) is 0 Å². The number of rotatable bonds is 0. The molecule has 0 aliphatic rings. The topological polar surface area (TPSA) is 136 Å². The summed E-state index contributed by atoms with van der Waals surface area (Å²) in [5.41, 5.74) is 8.50. The van der Waals surface area contributed by atoms with Gasteiger partial charge in [0.15, 0.2) is 0 Å². The fraction of sp³-hybridized carbons (Fsp3) is 0. The fourth-order valence-corrected chi connectivity index (χ4v) is 0. The van der Waals surface area contributed by atoms with Gasteiger partial charge in [-0.3, -0.25) is 0 Å². The molecule has 40 valence electrons. The molecule has 0 saturated heterocycles. The first kappa shape index (κ1) is 19.0. The molecule has 9 N–H and O–H groups in total. The van der Waals surface area contributed by atoms with Crippen LogP contribution in [0.1, 0.15) is 0 Å². The van der Waals surface area contributed by atoms with Crippen LogP contribution >= 0.6 is 0 Å². The lowest BCUT2D eigenvalue weighted by molar-refractivity contribution is 0.256. The molecule has 0 aliphatic heterocycles. The molecule has 0 rings (SSSR count). The molecule has 0 saturated carbocycles. The Morgan fingerprint density at radius 1 is 1.33 bits per heavy atom. The number of hydrogen-bond donors (Lipinski definition) is 3. The molecular weight excluding hydrogens is 86.0 g/mol. The van der Waals surface area contributed by atoms with Crippen molar-refractivity contribution in [2.75, 3.05) is 0 Å². The molecule has 5 heteroatoms. The zero-order valence-electron chi connectivity index (χ0n) is 3.27. The van der Waals surface area contributed by atoms with E-state index in [9.17, 15) is 0 Å². The van der Waals surface area contributed by atoms with Gasteiger partial charge in [-0.25, -0.2) is 4.79 Å². The zero-order chi connectivity index (χ0) is 3.58. The first-order chi connectivity index (χ1) is 1.73. The van der Waals surface area contributed by atoms with Gasteiger partial charge in [-0.2, -0.15) is 0 Å². The highest BCUT2D eigenvalue weighted by atomic mass is 16.2. The van der Waals surface area contributed by atoms with Crippen molar-refractivity contribution in [2.24, 2.45) is 11.5 Å². The Hall–Kier alpha value is -0.810. The molecule has 2 amide bonds. The summed E-state index contributed by atoms with van der Waals surface area (Å²) in [6.45, 7) is 0. The first-order valence-corrected chi connectivity index (χ1v) is 0.781. The third-order valence-electron chi connectivity index (χ3n) is 0. The Morgan fingerprint density at radius 3 is 1.33 bits per heavy atom. The van der Waals surface area contributed by atoms with Crippen LogP contribution in [0.5, 0.6) is 0 Å². The second-order valence-corrected chi connectivity index (χ2v) is 0.402. The maximum Gasteiger partial charge on any atom is 0.309 e. The second-order valence-electron chi connectivity index (χ2n) is 0.402. The van der Waals surface area contributed by atoms with Gasteiger partial charge in [-0.05, 0) is 0 Å². The highest BCUT2D eigenvalue weighted by Gasteiger charge is 1.60. The molecule has 0 aromatic carbocycles. The van der Waals surface area contributed by atoms with Crippen molar-refractivity contribution in [3.8, 4) is 0 Å². The van der Waals surface area contributed by atoms with Gasteiger partial charge in [0.2, 0.25) is 0 Å². The van der Waals surface area contributed by atoms with Gasteiger partial charge in [-0.1, -0.05) is 0 Å². The number of carbonyl (C=O) groups is 1. The van der Waals surface area contributed by atoms with Crippen molar-refractivity contribution in [2.45, 2.75) is 0 Å². The minimum absolute atomic E-state index is 0. The Morgan fingerprint density at radius 2 is 1.33 bits per heavy atom. The number of nitrogens with two attached hydrogens (primary N) is 2. The highest BCUT2D eigenvalue weighted by Crippen LogP contribution is 1.25. The Labute approximate surface area is 35.2 Å². The van der Waals surface area contributed by atoms with E-state index in [-0.39, 0.29) is 11.6 Å². The average molecular weight is 95.1 g/mol. The molecule has 0 radical (unpaired) electrons. The largest absolute Gasteiger partial charge is 0.412 e. The van der Waals surface area contributed by atoms with Crippen molar-refractivity contribution in [3.63, 3.8) is 0 Å². The zero-order valence-corrected chi connectivity index (χ0v) is 3.27. The van der Waals surface area contributed by atoms with Crippen molar-refractivity contribution < 1.29 is 10.3 Å². The number of carbonyl (C=O) groups excluding carboxylic acids is 1. The fourth-order valence-electron chi connectivity index (χ4n) is 0. The van der Waals surface area contributed by atoms with Gasteiger partial charge >= 0.3 is 6.03 Å². The van der Waals surface area contributed by atoms with Crippen LogP contribution in [0, 0.1) is 0 Å². The summed E-state index contributed by atoms with van der Waals surface area (Å²) in [6.07, 6.45) is 0. The van der Waals surface area contributed by atoms with Gasteiger partial charge in [0.05, 0.1) is 0 Å². The van der Waals surface area contributed by atoms with Crippen LogP contribution in [0.3, 0.4) is 0 Å². The van der Waals surface area contributed by atoms with Crippen LogP contribution in [0.4, 0.5) is 4.79 Å². The summed E-state index contributed by atoms with van der Waals surface area (Å²) in [6, 6.07) is -0.833. The summed E-state index contributed by atoms with van der Waals surface area (Å²) in [5, 5.41) is 0. The van der Waals surface area contributed by atoms with Crippen LogP contribution in [-0.2, 0) is 0 Å². The molecule has 0 spiro atoms. The summed E-state index contributed by atoms with van der Waals surface area (Å²) in [5.74, 6) is 0. The molecule has 0 fully saturated rings. The average Bonchev–Trinajstić information content (AvgIpc) is 0.811. The normalized spacial score (nSPS) is 4.00. The second kappa shape index (κ2) is 8.89. The molecule has 0 heterocycles. The molecular formula is CH9N3O2. The van der Waals surface area contributed by atoms with Crippen LogP contribution in [0.2, 0.25) is 0 Å². The standard InChI is InChI=1S/CH4N2O.H3N.H2O/c2-1(3)4;;/h(H4,2,3,4);1H3;1H2. The van der Waals surface area contributed by atoms with Gasteiger partial charge in [0.1, 0.15) is 0 Å². The van der Waals surface area contributed by atoms with E-state index in [1.807, 2.05) is 0 Å². The Kier molecular flexibility index (Phi) is 28.1. The maximum absolute atomic E-state index is 9.00. The van der Waals surface area contributed by atoms with E-state index in [0.29, 0.717) is 0 Å². The van der Waals surface area contributed by atoms with E-state index in [1.54, 1.807) is 0 Å². The van der Waals surface area contributed by atoms with E-state index >= 15 is 0 Å². The minimum Gasteiger partial charge on any atom is -0.412 e. The van der Waals surface area contributed by atoms with Gasteiger partial charge in [0, 0.05) is 0 Å². The minimum atomic E-state index is -0.833. The highest BCUT2D eigenvalue weighted by molar-refractivity contribution is 5.69. The van der Waals surface area contributed by atoms with E-state index in [1.165, 1.54) is 0 Å². The molecule has 0 aromatic rings. The number of amides is 2. The van der Waals surface area contributed by atoms with E-state index in [4.69, 9.17) is 4.79 Å². The lowest BCUT2D eigenvalue weighted by Gasteiger charge is -1.62. The van der Waals surface area contributed by atoms with Gasteiger partial charge in [0.25, 0.3) is 0 Å². The Balaban J connectivity index is -0.0000000450. The summed E-state index contributed by atoms with van der Waals surface area (Å²) in [4.78, 5) is 9.00. The SMILES string of the molecule is N.NC(N)=O.O. The van der Waals surface area contributed by atoms with Crippen LogP contribution in [0.25, 0.3) is 0 Å². The maximum atomic E-state index is 9.00. The quantitative estimate of drug-likeness (QED) is 0.332. The van der Waals surface area contributed by atoms with E-state index < -0.39 is 6.03 Å². The number of urea groups is 1. The van der Waals surface area contributed by atoms with Crippen LogP contribution in [-0.4, -0.2) is 11.5 Å². The Bertz CT molecular complexity index is 31.8. The van der Waals surface area contributed by atoms with Crippen LogP contribution < -0.4 is 17.6 Å². The number of primary amides is 2. The molecule has 0 aromatic heterocycles. The monoisotopic (exact) mass is 95.1 g/mol. The third-order valence-corrected chi connectivity index (χ3v) is 0. The van der Waals surface area contributed by atoms with Crippen molar-refractivity contribution in [3.05, 3.63) is 0 Å². The molecule has 0 aliphatic carbocycles. The third kappa shape index (κ3) is 23.3. The molecule has 5 nitrogen and oxygen atoms in total. The summed E-state index contributed by atoms with van der Waals surface area (Å²) < 4.78 is 0. The summed E-state index contributed by atoms with van der Waals surface area (Å²) in [7, 11) is 0. The summed E-state index contributed by atoms with van der Waals surface area (Å²) >= 11 is 0.